The number of ether oxygens (including phenoxy) is 2. The molecule has 2 aromatic carbocycles. The topological polar surface area (TPSA) is 71.1 Å². The molecule has 0 saturated carbocycles. The minimum Gasteiger partial charge on any atom is -0.497 e. The third-order valence-electron chi connectivity index (χ3n) is 5.93. The van der Waals surface area contributed by atoms with Crippen LogP contribution in [0.15, 0.2) is 54.6 Å². The van der Waals surface area contributed by atoms with Crippen molar-refractivity contribution in [2.45, 2.75) is 18.5 Å². The van der Waals surface area contributed by atoms with Crippen molar-refractivity contribution in [1.29, 1.82) is 0 Å². The second-order valence-corrected chi connectivity index (χ2v) is 7.91. The molecule has 1 N–H and O–H groups in total. The molecule has 0 bridgehead atoms. The van der Waals surface area contributed by atoms with Gasteiger partial charge in [-0.3, -0.25) is 14.5 Å². The molecule has 2 heterocycles. The van der Waals surface area contributed by atoms with Crippen molar-refractivity contribution in [2.75, 3.05) is 46.5 Å². The van der Waals surface area contributed by atoms with Crippen molar-refractivity contribution < 1.29 is 19.1 Å². The molecule has 0 radical (unpaired) electrons. The number of carbonyl (C=O) groups excluding carboxylic acids is 2. The second kappa shape index (κ2) is 9.94. The number of amides is 2. The molecule has 2 saturated heterocycles. The molecule has 0 aromatic heterocycles. The number of methoxy groups -OCH3 is 1. The lowest BCUT2D eigenvalue weighted by Gasteiger charge is -2.40. The summed E-state index contributed by atoms with van der Waals surface area (Å²) in [6.45, 7) is 4.30. The third-order valence-corrected chi connectivity index (χ3v) is 5.93. The molecule has 2 atom stereocenters. The van der Waals surface area contributed by atoms with Crippen LogP contribution in [0.1, 0.15) is 17.2 Å². The van der Waals surface area contributed by atoms with Crippen LogP contribution in [0, 0.1) is 0 Å². The quantitative estimate of drug-likeness (QED) is 0.733. The van der Waals surface area contributed by atoms with Gasteiger partial charge in [0.15, 0.2) is 0 Å². The summed E-state index contributed by atoms with van der Waals surface area (Å²) in [4.78, 5) is 30.7. The average molecular weight is 424 g/mol. The zero-order chi connectivity index (χ0) is 21.6. The van der Waals surface area contributed by atoms with Gasteiger partial charge in [0.05, 0.1) is 20.3 Å². The molecule has 4 rings (SSSR count). The van der Waals surface area contributed by atoms with Crippen molar-refractivity contribution in [3.63, 3.8) is 0 Å². The maximum Gasteiger partial charge on any atom is 0.248 e. The number of carbonyl (C=O) groups is 2. The lowest BCUT2D eigenvalue weighted by Crippen LogP contribution is -2.61. The Morgan fingerprint density at radius 1 is 1.00 bits per heavy atom. The molecule has 2 unspecified atom stereocenters. The van der Waals surface area contributed by atoms with Gasteiger partial charge in [0.1, 0.15) is 17.8 Å². The van der Waals surface area contributed by atoms with Gasteiger partial charge in [-0.05, 0) is 23.3 Å². The van der Waals surface area contributed by atoms with E-state index >= 15 is 0 Å². The Bertz CT molecular complexity index is 881. The van der Waals surface area contributed by atoms with Gasteiger partial charge >= 0.3 is 0 Å². The molecule has 0 aliphatic carbocycles. The van der Waals surface area contributed by atoms with E-state index in [0.29, 0.717) is 38.5 Å². The molecule has 0 spiro atoms. The highest BCUT2D eigenvalue weighted by molar-refractivity contribution is 5.97. The molecule has 2 aliphatic rings. The van der Waals surface area contributed by atoms with E-state index in [1.54, 1.807) is 12.0 Å². The minimum atomic E-state index is -0.647. The summed E-state index contributed by atoms with van der Waals surface area (Å²) in [5.41, 5.74) is 1.81. The molecule has 2 amide bonds. The fourth-order valence-corrected chi connectivity index (χ4v) is 4.20. The van der Waals surface area contributed by atoms with E-state index in [4.69, 9.17) is 9.47 Å². The number of piperazine rings is 1. The van der Waals surface area contributed by atoms with Crippen molar-refractivity contribution in [3.05, 3.63) is 65.7 Å². The Balaban J connectivity index is 1.56. The van der Waals surface area contributed by atoms with Crippen LogP contribution in [0.2, 0.25) is 0 Å². The van der Waals surface area contributed by atoms with Crippen molar-refractivity contribution in [1.82, 2.24) is 15.1 Å². The van der Waals surface area contributed by atoms with Crippen LogP contribution in [0.3, 0.4) is 0 Å². The van der Waals surface area contributed by atoms with E-state index in [2.05, 4.69) is 10.2 Å². The minimum absolute atomic E-state index is 0.0440. The SMILES string of the molecule is COc1ccc(C2C(=O)NC(Cc3ccccc3)C(=O)N2CCN2CCOCC2)cc1. The van der Waals surface area contributed by atoms with Crippen molar-refractivity contribution in [2.24, 2.45) is 0 Å². The average Bonchev–Trinajstić information content (AvgIpc) is 2.81. The fraction of sp³-hybridized carbons (Fsp3) is 0.417. The molecular formula is C24H29N3O4. The Kier molecular flexibility index (Phi) is 6.84. The maximum absolute atomic E-state index is 13.5. The smallest absolute Gasteiger partial charge is 0.248 e. The highest BCUT2D eigenvalue weighted by atomic mass is 16.5. The standard InChI is InChI=1S/C24H29N3O4/c1-30-20-9-7-19(8-10-20)22-23(28)25-21(17-18-5-3-2-4-6-18)24(29)27(22)12-11-26-13-15-31-16-14-26/h2-10,21-22H,11-17H2,1H3,(H,25,28). The summed E-state index contributed by atoms with van der Waals surface area (Å²) < 4.78 is 10.7. The summed E-state index contributed by atoms with van der Waals surface area (Å²) >= 11 is 0. The fourth-order valence-electron chi connectivity index (χ4n) is 4.20. The first-order chi connectivity index (χ1) is 15.2. The van der Waals surface area contributed by atoms with Crippen LogP contribution in [-0.2, 0) is 20.7 Å². The van der Waals surface area contributed by atoms with Crippen LogP contribution in [0.4, 0.5) is 0 Å². The number of morpholine rings is 1. The van der Waals surface area contributed by atoms with Crippen LogP contribution in [0.25, 0.3) is 0 Å². The summed E-state index contributed by atoms with van der Waals surface area (Å²) in [6.07, 6.45) is 0.481. The van der Waals surface area contributed by atoms with Gasteiger partial charge in [0, 0.05) is 32.6 Å². The molecule has 7 heteroatoms. The largest absolute Gasteiger partial charge is 0.497 e. The number of hydrogen-bond donors (Lipinski definition) is 1. The summed E-state index contributed by atoms with van der Waals surface area (Å²) in [5, 5.41) is 2.96. The molecule has 2 aliphatic heterocycles. The molecule has 7 nitrogen and oxygen atoms in total. The van der Waals surface area contributed by atoms with E-state index in [1.807, 2.05) is 54.6 Å². The van der Waals surface area contributed by atoms with E-state index < -0.39 is 12.1 Å². The van der Waals surface area contributed by atoms with Gasteiger partial charge < -0.3 is 19.7 Å². The molecule has 164 valence electrons. The van der Waals surface area contributed by atoms with E-state index in [0.717, 1.165) is 24.2 Å². The lowest BCUT2D eigenvalue weighted by atomic mass is 9.96. The molecular weight excluding hydrogens is 394 g/mol. The molecule has 31 heavy (non-hydrogen) atoms. The van der Waals surface area contributed by atoms with Crippen LogP contribution in [-0.4, -0.2) is 74.2 Å². The second-order valence-electron chi connectivity index (χ2n) is 7.91. The van der Waals surface area contributed by atoms with Crippen LogP contribution >= 0.6 is 0 Å². The number of rotatable bonds is 7. The van der Waals surface area contributed by atoms with Crippen LogP contribution < -0.4 is 10.1 Å². The highest BCUT2D eigenvalue weighted by Gasteiger charge is 2.41. The lowest BCUT2D eigenvalue weighted by molar-refractivity contribution is -0.150. The third kappa shape index (κ3) is 5.06. The zero-order valence-corrected chi connectivity index (χ0v) is 17.8. The van der Waals surface area contributed by atoms with E-state index in [1.165, 1.54) is 0 Å². The Morgan fingerprint density at radius 2 is 1.71 bits per heavy atom. The van der Waals surface area contributed by atoms with E-state index in [-0.39, 0.29) is 11.8 Å². The van der Waals surface area contributed by atoms with Crippen molar-refractivity contribution in [3.8, 4) is 5.75 Å². The molecule has 2 fully saturated rings. The summed E-state index contributed by atoms with van der Waals surface area (Å²) in [6, 6.07) is 15.9. The van der Waals surface area contributed by atoms with Gasteiger partial charge in [-0.15, -0.1) is 0 Å². The number of nitrogens with zero attached hydrogens (tertiary/aromatic N) is 2. The van der Waals surface area contributed by atoms with Crippen LogP contribution in [0.5, 0.6) is 5.75 Å². The highest BCUT2D eigenvalue weighted by Crippen LogP contribution is 2.28. The van der Waals surface area contributed by atoms with Gasteiger partial charge in [-0.25, -0.2) is 0 Å². The number of hydrogen-bond acceptors (Lipinski definition) is 5. The predicted octanol–water partition coefficient (Wildman–Crippen LogP) is 1.64. The van der Waals surface area contributed by atoms with Gasteiger partial charge in [0.2, 0.25) is 11.8 Å². The Morgan fingerprint density at radius 3 is 2.39 bits per heavy atom. The normalized spacial score (nSPS) is 22.3. The Labute approximate surface area is 182 Å². The van der Waals surface area contributed by atoms with E-state index in [9.17, 15) is 9.59 Å². The Hall–Kier alpha value is -2.90. The summed E-state index contributed by atoms with van der Waals surface area (Å²) in [7, 11) is 1.61. The first-order valence-electron chi connectivity index (χ1n) is 10.7. The van der Waals surface area contributed by atoms with Crippen molar-refractivity contribution >= 4 is 11.8 Å². The first-order valence-corrected chi connectivity index (χ1v) is 10.7. The molecule has 2 aromatic rings. The van der Waals surface area contributed by atoms with Gasteiger partial charge in [-0.1, -0.05) is 42.5 Å². The monoisotopic (exact) mass is 423 g/mol. The number of nitrogens with one attached hydrogen (secondary N) is 1. The van der Waals surface area contributed by atoms with Gasteiger partial charge in [0.25, 0.3) is 0 Å². The first kappa shape index (κ1) is 21.3. The maximum atomic E-state index is 13.5. The predicted molar refractivity (Wildman–Crippen MR) is 117 cm³/mol. The number of benzene rings is 2. The zero-order valence-electron chi connectivity index (χ0n) is 17.8. The summed E-state index contributed by atoms with van der Waals surface area (Å²) in [5.74, 6) is 0.526. The van der Waals surface area contributed by atoms with Gasteiger partial charge in [-0.2, -0.15) is 0 Å².